The van der Waals surface area contributed by atoms with E-state index in [-0.39, 0.29) is 0 Å². The van der Waals surface area contributed by atoms with Gasteiger partial charge in [0.1, 0.15) is 0 Å². The Morgan fingerprint density at radius 2 is 2.20 bits per heavy atom. The van der Waals surface area contributed by atoms with Crippen molar-refractivity contribution in [3.05, 3.63) is 28.5 Å². The Hall–Kier alpha value is 0.290. The molecule has 2 rings (SSSR count). The van der Waals surface area contributed by atoms with Gasteiger partial charge in [0.2, 0.25) is 0 Å². The average molecular weight is 375 g/mol. The predicted molar refractivity (Wildman–Crippen MR) is 95.9 cm³/mol. The Morgan fingerprint density at radius 3 is 2.85 bits per heavy atom. The Morgan fingerprint density at radius 1 is 1.40 bits per heavy atom. The molecule has 0 radical (unpaired) electrons. The molecule has 0 saturated carbocycles. The van der Waals surface area contributed by atoms with Crippen LogP contribution in [0.2, 0.25) is 0 Å². The fraction of sp³-hybridized carbons (Fsp3) is 0.667. The molecule has 5 heteroatoms. The highest BCUT2D eigenvalue weighted by atomic mass is 79.9. The Balaban J connectivity index is 2.03. The summed E-state index contributed by atoms with van der Waals surface area (Å²) in [5.41, 5.74) is 1.31. The van der Waals surface area contributed by atoms with Crippen molar-refractivity contribution in [2.45, 2.75) is 49.0 Å². The van der Waals surface area contributed by atoms with Gasteiger partial charge >= 0.3 is 0 Å². The second-order valence-electron chi connectivity index (χ2n) is 5.30. The van der Waals surface area contributed by atoms with Gasteiger partial charge in [-0.2, -0.15) is 23.5 Å². The molecule has 4 unspecified atom stereocenters. The first kappa shape index (κ1) is 16.7. The number of likely N-dealkylation sites (N-methyl/N-ethyl adjacent to an activating group) is 1. The van der Waals surface area contributed by atoms with Gasteiger partial charge in [0.05, 0.1) is 0 Å². The first-order chi connectivity index (χ1) is 9.60. The average Bonchev–Trinajstić information content (AvgIpc) is 2.41. The summed E-state index contributed by atoms with van der Waals surface area (Å²) in [6.07, 6.45) is 4.89. The van der Waals surface area contributed by atoms with Gasteiger partial charge in [0, 0.05) is 44.4 Å². The van der Waals surface area contributed by atoms with Crippen molar-refractivity contribution in [3.63, 3.8) is 0 Å². The number of pyridine rings is 1. The Labute approximate surface area is 139 Å². The number of halogens is 1. The smallest absolute Gasteiger partial charge is 0.0410 e. The molecule has 1 aromatic rings. The maximum absolute atomic E-state index is 4.28. The molecule has 0 amide bonds. The molecule has 2 heterocycles. The fourth-order valence-corrected chi connectivity index (χ4v) is 5.98. The lowest BCUT2D eigenvalue weighted by molar-refractivity contribution is 0.519. The van der Waals surface area contributed by atoms with E-state index < -0.39 is 0 Å². The van der Waals surface area contributed by atoms with Gasteiger partial charge in [-0.1, -0.05) is 20.8 Å². The lowest BCUT2D eigenvalue weighted by Gasteiger charge is -2.36. The molecule has 1 fully saturated rings. The van der Waals surface area contributed by atoms with Crippen molar-refractivity contribution in [2.75, 3.05) is 12.3 Å². The van der Waals surface area contributed by atoms with E-state index >= 15 is 0 Å². The number of hydrogen-bond acceptors (Lipinski definition) is 4. The molecule has 0 bridgehead atoms. The Bertz CT molecular complexity index is 430. The fourth-order valence-electron chi connectivity index (χ4n) is 2.44. The summed E-state index contributed by atoms with van der Waals surface area (Å²) in [5.74, 6) is 1.25. The van der Waals surface area contributed by atoms with Crippen molar-refractivity contribution < 1.29 is 0 Å². The van der Waals surface area contributed by atoms with Gasteiger partial charge < -0.3 is 5.32 Å². The highest BCUT2D eigenvalue weighted by molar-refractivity contribution is 9.10. The van der Waals surface area contributed by atoms with Crippen LogP contribution in [0.4, 0.5) is 0 Å². The number of hydrogen-bond donors (Lipinski definition) is 1. The van der Waals surface area contributed by atoms with Crippen LogP contribution >= 0.6 is 39.5 Å². The molecule has 0 spiro atoms. The highest BCUT2D eigenvalue weighted by Crippen LogP contribution is 2.37. The third-order valence-corrected chi connectivity index (χ3v) is 7.69. The van der Waals surface area contributed by atoms with E-state index in [1.54, 1.807) is 0 Å². The van der Waals surface area contributed by atoms with Crippen LogP contribution in [-0.2, 0) is 6.42 Å². The molecule has 2 nitrogen and oxygen atoms in total. The first-order valence-electron chi connectivity index (χ1n) is 7.20. The second-order valence-corrected chi connectivity index (χ2v) is 9.24. The summed E-state index contributed by atoms with van der Waals surface area (Å²) >= 11 is 7.78. The Kier molecular flexibility index (Phi) is 6.72. The molecular formula is C15H23BrN2S2. The first-order valence-corrected chi connectivity index (χ1v) is 9.98. The van der Waals surface area contributed by atoms with E-state index in [1.165, 1.54) is 11.3 Å². The zero-order chi connectivity index (χ0) is 14.5. The van der Waals surface area contributed by atoms with Gasteiger partial charge in [-0.15, -0.1) is 0 Å². The maximum atomic E-state index is 4.28. The standard InChI is InChI=1S/C15H23BrN2S2/c1-4-18-14(6-12-5-13(16)8-17-7-12)15-9-19-10(2)11(3)20-15/h5,7-8,10-11,14-15,18H,4,6,9H2,1-3H3. The lowest BCUT2D eigenvalue weighted by atomic mass is 10.1. The molecule has 4 atom stereocenters. The lowest BCUT2D eigenvalue weighted by Crippen LogP contribution is -2.44. The summed E-state index contributed by atoms with van der Waals surface area (Å²) in [6, 6.07) is 2.72. The van der Waals surface area contributed by atoms with Crippen LogP contribution in [0, 0.1) is 0 Å². The highest BCUT2D eigenvalue weighted by Gasteiger charge is 2.30. The topological polar surface area (TPSA) is 24.9 Å². The molecule has 1 N–H and O–H groups in total. The monoisotopic (exact) mass is 374 g/mol. The molecule has 20 heavy (non-hydrogen) atoms. The van der Waals surface area contributed by atoms with Crippen LogP contribution in [0.1, 0.15) is 26.3 Å². The van der Waals surface area contributed by atoms with Gasteiger partial charge in [0.25, 0.3) is 0 Å². The third kappa shape index (κ3) is 4.65. The molecule has 1 saturated heterocycles. The van der Waals surface area contributed by atoms with E-state index in [4.69, 9.17) is 0 Å². The molecule has 0 aliphatic carbocycles. The SMILES string of the molecule is CCNC(Cc1cncc(Br)c1)C1CSC(C)C(C)S1. The third-order valence-electron chi connectivity index (χ3n) is 3.71. The second kappa shape index (κ2) is 8.06. The van der Waals surface area contributed by atoms with Crippen LogP contribution in [0.15, 0.2) is 22.9 Å². The zero-order valence-electron chi connectivity index (χ0n) is 12.3. The summed E-state index contributed by atoms with van der Waals surface area (Å²) in [4.78, 5) is 4.28. The summed E-state index contributed by atoms with van der Waals surface area (Å²) in [7, 11) is 0. The summed E-state index contributed by atoms with van der Waals surface area (Å²) < 4.78 is 1.07. The van der Waals surface area contributed by atoms with E-state index in [2.05, 4.69) is 76.6 Å². The zero-order valence-corrected chi connectivity index (χ0v) is 15.5. The van der Waals surface area contributed by atoms with Crippen LogP contribution in [-0.4, -0.2) is 39.1 Å². The van der Waals surface area contributed by atoms with Crippen LogP contribution in [0.5, 0.6) is 0 Å². The maximum Gasteiger partial charge on any atom is 0.0410 e. The van der Waals surface area contributed by atoms with Crippen LogP contribution < -0.4 is 5.32 Å². The van der Waals surface area contributed by atoms with E-state index in [0.717, 1.165) is 27.9 Å². The molecule has 112 valence electrons. The quantitative estimate of drug-likeness (QED) is 0.841. The largest absolute Gasteiger partial charge is 0.313 e. The van der Waals surface area contributed by atoms with Crippen molar-refractivity contribution in [1.82, 2.24) is 10.3 Å². The van der Waals surface area contributed by atoms with Crippen LogP contribution in [0.3, 0.4) is 0 Å². The summed E-state index contributed by atoms with van der Waals surface area (Å²) in [6.45, 7) is 7.92. The van der Waals surface area contributed by atoms with Gasteiger partial charge in [0.15, 0.2) is 0 Å². The molecular weight excluding hydrogens is 352 g/mol. The summed E-state index contributed by atoms with van der Waals surface area (Å²) in [5, 5.41) is 5.87. The van der Waals surface area contributed by atoms with Gasteiger partial charge in [-0.05, 0) is 40.5 Å². The van der Waals surface area contributed by atoms with Crippen molar-refractivity contribution >= 4 is 39.5 Å². The minimum absolute atomic E-state index is 0.531. The van der Waals surface area contributed by atoms with E-state index in [9.17, 15) is 0 Å². The van der Waals surface area contributed by atoms with E-state index in [1.807, 2.05) is 12.4 Å². The predicted octanol–water partition coefficient (Wildman–Crippen LogP) is 3.99. The van der Waals surface area contributed by atoms with Crippen molar-refractivity contribution in [3.8, 4) is 0 Å². The minimum Gasteiger partial charge on any atom is -0.313 e. The van der Waals surface area contributed by atoms with Gasteiger partial charge in [-0.25, -0.2) is 0 Å². The van der Waals surface area contributed by atoms with Crippen molar-refractivity contribution in [2.24, 2.45) is 0 Å². The number of nitrogens with one attached hydrogen (secondary N) is 1. The minimum atomic E-state index is 0.531. The number of rotatable bonds is 5. The molecule has 1 aliphatic heterocycles. The van der Waals surface area contributed by atoms with Crippen LogP contribution in [0.25, 0.3) is 0 Å². The number of aromatic nitrogens is 1. The van der Waals surface area contributed by atoms with E-state index in [0.29, 0.717) is 11.3 Å². The normalized spacial score (nSPS) is 28.3. The van der Waals surface area contributed by atoms with Crippen molar-refractivity contribution in [1.29, 1.82) is 0 Å². The molecule has 1 aromatic heterocycles. The molecule has 1 aliphatic rings. The number of nitrogens with zero attached hydrogens (tertiary/aromatic N) is 1. The molecule has 0 aromatic carbocycles. The van der Waals surface area contributed by atoms with Gasteiger partial charge in [-0.3, -0.25) is 4.98 Å². The number of thioether (sulfide) groups is 2.